The number of ketones is 1. The van der Waals surface area contributed by atoms with Gasteiger partial charge in [0.05, 0.1) is 6.61 Å². The molecule has 0 bridgehead atoms. The molecule has 2 rings (SSSR count). The summed E-state index contributed by atoms with van der Waals surface area (Å²) in [4.78, 5) is 11.7. The van der Waals surface area contributed by atoms with Crippen molar-refractivity contribution in [2.45, 2.75) is 46.0 Å². The van der Waals surface area contributed by atoms with Gasteiger partial charge in [0.1, 0.15) is 5.75 Å². The molecule has 0 saturated carbocycles. The molecule has 0 atom stereocenters. The summed E-state index contributed by atoms with van der Waals surface area (Å²) < 4.78 is 5.76. The van der Waals surface area contributed by atoms with Gasteiger partial charge in [0.2, 0.25) is 0 Å². The summed E-state index contributed by atoms with van der Waals surface area (Å²) in [5.41, 5.74) is 3.04. The smallest absolute Gasteiger partial charge is 0.162 e. The zero-order chi connectivity index (χ0) is 16.5. The Hall–Kier alpha value is -2.09. The SMILES string of the molecule is CCCCCCOc1ccc(-c2ccc(C(=O)CC)cc2)cc1. The molecule has 0 aliphatic carbocycles. The van der Waals surface area contributed by atoms with Gasteiger partial charge < -0.3 is 4.74 Å². The highest BCUT2D eigenvalue weighted by molar-refractivity contribution is 5.96. The molecule has 2 heteroatoms. The average molecular weight is 310 g/mol. The number of ether oxygens (including phenoxy) is 1. The maximum Gasteiger partial charge on any atom is 0.162 e. The van der Waals surface area contributed by atoms with Crippen molar-refractivity contribution in [3.05, 3.63) is 54.1 Å². The molecule has 0 saturated heterocycles. The van der Waals surface area contributed by atoms with Crippen LogP contribution in [0, 0.1) is 0 Å². The highest BCUT2D eigenvalue weighted by Gasteiger charge is 2.04. The van der Waals surface area contributed by atoms with Gasteiger partial charge in [-0.3, -0.25) is 4.79 Å². The predicted octanol–water partition coefficient (Wildman–Crippen LogP) is 5.91. The summed E-state index contributed by atoms with van der Waals surface area (Å²) in [7, 11) is 0. The standard InChI is InChI=1S/C21H26O2/c1-3-5-6-7-16-23-20-14-12-18(13-15-20)17-8-10-19(11-9-17)21(22)4-2/h8-15H,3-7,16H2,1-2H3. The Morgan fingerprint density at radius 3 is 2.00 bits per heavy atom. The number of carbonyl (C=O) groups excluding carboxylic acids is 1. The zero-order valence-corrected chi connectivity index (χ0v) is 14.2. The average Bonchev–Trinajstić information content (AvgIpc) is 2.61. The molecular formula is C21H26O2. The number of rotatable bonds is 9. The van der Waals surface area contributed by atoms with E-state index in [4.69, 9.17) is 4.74 Å². The second-order valence-electron chi connectivity index (χ2n) is 5.79. The molecule has 2 nitrogen and oxygen atoms in total. The molecule has 0 unspecified atom stereocenters. The Labute approximate surface area is 139 Å². The van der Waals surface area contributed by atoms with Gasteiger partial charge in [-0.1, -0.05) is 69.5 Å². The van der Waals surface area contributed by atoms with Crippen molar-refractivity contribution in [1.29, 1.82) is 0 Å². The van der Waals surface area contributed by atoms with E-state index >= 15 is 0 Å². The summed E-state index contributed by atoms with van der Waals surface area (Å²) in [6.07, 6.45) is 5.42. The lowest BCUT2D eigenvalue weighted by Gasteiger charge is -2.08. The van der Waals surface area contributed by atoms with Gasteiger partial charge >= 0.3 is 0 Å². The van der Waals surface area contributed by atoms with Crippen molar-refractivity contribution in [2.24, 2.45) is 0 Å². The number of hydrogen-bond acceptors (Lipinski definition) is 2. The van der Waals surface area contributed by atoms with Crippen molar-refractivity contribution >= 4 is 5.78 Å². The van der Waals surface area contributed by atoms with Gasteiger partial charge in [-0.25, -0.2) is 0 Å². The van der Waals surface area contributed by atoms with Crippen LogP contribution in [-0.2, 0) is 0 Å². The first-order valence-corrected chi connectivity index (χ1v) is 8.61. The van der Waals surface area contributed by atoms with E-state index in [1.54, 1.807) is 0 Å². The third kappa shape index (κ3) is 5.24. The molecule has 0 N–H and O–H groups in total. The summed E-state index contributed by atoms with van der Waals surface area (Å²) in [6.45, 7) is 4.88. The fourth-order valence-electron chi connectivity index (χ4n) is 2.52. The summed E-state index contributed by atoms with van der Waals surface area (Å²) >= 11 is 0. The summed E-state index contributed by atoms with van der Waals surface area (Å²) in [5, 5.41) is 0. The van der Waals surface area contributed by atoms with Crippen LogP contribution in [0.4, 0.5) is 0 Å². The lowest BCUT2D eigenvalue weighted by Crippen LogP contribution is -1.97. The van der Waals surface area contributed by atoms with E-state index in [0.717, 1.165) is 35.5 Å². The molecule has 122 valence electrons. The molecule has 0 aromatic heterocycles. The Balaban J connectivity index is 1.92. The first-order chi connectivity index (χ1) is 11.2. The van der Waals surface area contributed by atoms with E-state index in [1.165, 1.54) is 19.3 Å². The number of Topliss-reactive ketones (excluding diaryl/α,β-unsaturated/α-hetero) is 1. The molecule has 0 heterocycles. The van der Waals surface area contributed by atoms with Crippen molar-refractivity contribution < 1.29 is 9.53 Å². The zero-order valence-electron chi connectivity index (χ0n) is 14.2. The van der Waals surface area contributed by atoms with E-state index in [0.29, 0.717) is 6.42 Å². The lowest BCUT2D eigenvalue weighted by atomic mass is 10.0. The number of benzene rings is 2. The second-order valence-corrected chi connectivity index (χ2v) is 5.79. The maximum absolute atomic E-state index is 11.7. The molecule has 2 aromatic carbocycles. The minimum Gasteiger partial charge on any atom is -0.494 e. The van der Waals surface area contributed by atoms with E-state index in [9.17, 15) is 4.79 Å². The molecule has 0 aliphatic heterocycles. The van der Waals surface area contributed by atoms with E-state index in [-0.39, 0.29) is 5.78 Å². The normalized spacial score (nSPS) is 10.5. The number of hydrogen-bond donors (Lipinski definition) is 0. The monoisotopic (exact) mass is 310 g/mol. The second kappa shape index (κ2) is 9.14. The molecule has 0 spiro atoms. The summed E-state index contributed by atoms with van der Waals surface area (Å²) in [5.74, 6) is 1.10. The van der Waals surface area contributed by atoms with Crippen LogP contribution in [0.25, 0.3) is 11.1 Å². The minimum atomic E-state index is 0.184. The van der Waals surface area contributed by atoms with Crippen LogP contribution in [0.15, 0.2) is 48.5 Å². The van der Waals surface area contributed by atoms with Crippen LogP contribution in [0.3, 0.4) is 0 Å². The van der Waals surface area contributed by atoms with Gasteiger partial charge in [0.15, 0.2) is 5.78 Å². The van der Waals surface area contributed by atoms with Crippen LogP contribution in [0.2, 0.25) is 0 Å². The molecule has 0 aliphatic rings. The Kier molecular flexibility index (Phi) is 6.86. The third-order valence-corrected chi connectivity index (χ3v) is 3.98. The van der Waals surface area contributed by atoms with Crippen molar-refractivity contribution in [1.82, 2.24) is 0 Å². The Morgan fingerprint density at radius 2 is 1.43 bits per heavy atom. The Bertz CT molecular complexity index is 597. The van der Waals surface area contributed by atoms with E-state index in [2.05, 4.69) is 19.1 Å². The van der Waals surface area contributed by atoms with Gasteiger partial charge in [0, 0.05) is 12.0 Å². The highest BCUT2D eigenvalue weighted by Crippen LogP contribution is 2.23. The summed E-state index contributed by atoms with van der Waals surface area (Å²) in [6, 6.07) is 16.0. The minimum absolute atomic E-state index is 0.184. The van der Waals surface area contributed by atoms with Gasteiger partial charge in [-0.15, -0.1) is 0 Å². The first-order valence-electron chi connectivity index (χ1n) is 8.61. The maximum atomic E-state index is 11.7. The lowest BCUT2D eigenvalue weighted by molar-refractivity contribution is 0.0988. The largest absolute Gasteiger partial charge is 0.494 e. The van der Waals surface area contributed by atoms with Crippen LogP contribution >= 0.6 is 0 Å². The fraction of sp³-hybridized carbons (Fsp3) is 0.381. The highest BCUT2D eigenvalue weighted by atomic mass is 16.5. The van der Waals surface area contributed by atoms with E-state index < -0.39 is 0 Å². The molecule has 2 aromatic rings. The molecular weight excluding hydrogens is 284 g/mol. The van der Waals surface area contributed by atoms with Crippen molar-refractivity contribution in [3.63, 3.8) is 0 Å². The molecule has 0 fully saturated rings. The van der Waals surface area contributed by atoms with Crippen LogP contribution in [0.1, 0.15) is 56.3 Å². The van der Waals surface area contributed by atoms with Crippen LogP contribution in [-0.4, -0.2) is 12.4 Å². The third-order valence-electron chi connectivity index (χ3n) is 3.98. The topological polar surface area (TPSA) is 26.3 Å². The first kappa shape index (κ1) is 17.3. The van der Waals surface area contributed by atoms with E-state index in [1.807, 2.05) is 43.3 Å². The molecule has 0 radical (unpaired) electrons. The number of carbonyl (C=O) groups is 1. The fourth-order valence-corrected chi connectivity index (χ4v) is 2.52. The predicted molar refractivity (Wildman–Crippen MR) is 96.1 cm³/mol. The molecule has 23 heavy (non-hydrogen) atoms. The van der Waals surface area contributed by atoms with Gasteiger partial charge in [-0.05, 0) is 29.7 Å². The van der Waals surface area contributed by atoms with Crippen molar-refractivity contribution in [3.8, 4) is 16.9 Å². The van der Waals surface area contributed by atoms with Gasteiger partial charge in [0.25, 0.3) is 0 Å². The van der Waals surface area contributed by atoms with Crippen molar-refractivity contribution in [2.75, 3.05) is 6.61 Å². The quantitative estimate of drug-likeness (QED) is 0.425. The van der Waals surface area contributed by atoms with Crippen LogP contribution < -0.4 is 4.74 Å². The Morgan fingerprint density at radius 1 is 0.826 bits per heavy atom. The molecule has 0 amide bonds. The van der Waals surface area contributed by atoms with Gasteiger partial charge in [-0.2, -0.15) is 0 Å². The van der Waals surface area contributed by atoms with Crippen LogP contribution in [0.5, 0.6) is 5.75 Å². The number of unbranched alkanes of at least 4 members (excludes halogenated alkanes) is 3.